The van der Waals surface area contributed by atoms with Gasteiger partial charge in [-0.05, 0) is 38.1 Å². The minimum absolute atomic E-state index is 0.113. The zero-order valence-corrected chi connectivity index (χ0v) is 11.7. The summed E-state index contributed by atoms with van der Waals surface area (Å²) in [6, 6.07) is 9.04. The summed E-state index contributed by atoms with van der Waals surface area (Å²) in [4.78, 5) is 22.5. The lowest BCUT2D eigenvalue weighted by Gasteiger charge is -2.20. The minimum atomic E-state index is -0.113. The molecule has 0 fully saturated rings. The molecule has 1 amide bonds. The minimum Gasteiger partial charge on any atom is -0.370 e. The largest absolute Gasteiger partial charge is 0.370 e. The molecular weight excluding hydrogens is 252 g/mol. The van der Waals surface area contributed by atoms with E-state index in [1.165, 1.54) is 0 Å². The summed E-state index contributed by atoms with van der Waals surface area (Å²) < 4.78 is 0. The second kappa shape index (κ2) is 6.65. The van der Waals surface area contributed by atoms with E-state index in [-0.39, 0.29) is 5.91 Å². The molecule has 0 saturated carbocycles. The Bertz CT molecular complexity index is 571. The molecule has 5 heteroatoms. The van der Waals surface area contributed by atoms with Gasteiger partial charge in [-0.15, -0.1) is 0 Å². The van der Waals surface area contributed by atoms with Gasteiger partial charge in [0.25, 0.3) is 5.91 Å². The van der Waals surface area contributed by atoms with E-state index in [1.54, 1.807) is 23.4 Å². The van der Waals surface area contributed by atoms with Crippen LogP contribution in [0.1, 0.15) is 24.3 Å². The Morgan fingerprint density at radius 2 is 1.95 bits per heavy atom. The zero-order chi connectivity index (χ0) is 14.4. The number of nitrogens with one attached hydrogen (secondary N) is 1. The third-order valence-corrected chi connectivity index (χ3v) is 2.86. The molecule has 1 N–H and O–H groups in total. The monoisotopic (exact) mass is 270 g/mol. The number of nitrogens with zero attached hydrogens (tertiary/aromatic N) is 3. The number of hydrogen-bond donors (Lipinski definition) is 1. The zero-order valence-electron chi connectivity index (χ0n) is 11.7. The van der Waals surface area contributed by atoms with Crippen LogP contribution in [0.25, 0.3) is 0 Å². The number of carbonyl (C=O) groups is 1. The van der Waals surface area contributed by atoms with Crippen LogP contribution in [0, 0.1) is 0 Å². The van der Waals surface area contributed by atoms with Crippen LogP contribution in [-0.4, -0.2) is 29.0 Å². The van der Waals surface area contributed by atoms with Crippen molar-refractivity contribution in [3.8, 4) is 0 Å². The molecule has 0 bridgehead atoms. The van der Waals surface area contributed by atoms with Gasteiger partial charge >= 0.3 is 0 Å². The number of amides is 1. The molecule has 20 heavy (non-hydrogen) atoms. The summed E-state index contributed by atoms with van der Waals surface area (Å²) in [6.45, 7) is 5.28. The molecule has 0 atom stereocenters. The molecule has 2 aromatic rings. The predicted octanol–water partition coefficient (Wildman–Crippen LogP) is 2.58. The van der Waals surface area contributed by atoms with Crippen molar-refractivity contribution in [1.29, 1.82) is 0 Å². The number of carbonyl (C=O) groups excluding carboxylic acids is 1. The quantitative estimate of drug-likeness (QED) is 0.907. The van der Waals surface area contributed by atoms with Gasteiger partial charge in [0.2, 0.25) is 0 Å². The highest BCUT2D eigenvalue weighted by molar-refractivity contribution is 6.04. The molecule has 0 aliphatic heterocycles. The van der Waals surface area contributed by atoms with Crippen LogP contribution in [0.2, 0.25) is 0 Å². The van der Waals surface area contributed by atoms with Crippen molar-refractivity contribution in [3.63, 3.8) is 0 Å². The first-order valence-corrected chi connectivity index (χ1v) is 6.69. The van der Waals surface area contributed by atoms with Crippen LogP contribution in [0.3, 0.4) is 0 Å². The Labute approximate surface area is 118 Å². The first-order valence-electron chi connectivity index (χ1n) is 6.69. The lowest BCUT2D eigenvalue weighted by atomic mass is 10.2. The number of rotatable bonds is 5. The summed E-state index contributed by atoms with van der Waals surface area (Å²) in [5, 5.41) is 3.11. The van der Waals surface area contributed by atoms with E-state index in [0.717, 1.165) is 12.2 Å². The summed E-state index contributed by atoms with van der Waals surface area (Å²) in [5.74, 6) is 0.600. The highest BCUT2D eigenvalue weighted by Gasteiger charge is 2.17. The van der Waals surface area contributed by atoms with Gasteiger partial charge in [-0.25, -0.2) is 4.98 Å². The molecule has 2 rings (SSSR count). The highest BCUT2D eigenvalue weighted by atomic mass is 16.2. The Kier molecular flexibility index (Phi) is 4.65. The fourth-order valence-corrected chi connectivity index (χ4v) is 1.94. The second-order valence-electron chi connectivity index (χ2n) is 4.19. The van der Waals surface area contributed by atoms with Crippen molar-refractivity contribution >= 4 is 17.4 Å². The predicted molar refractivity (Wildman–Crippen MR) is 80.0 cm³/mol. The Morgan fingerprint density at radius 3 is 2.60 bits per heavy atom. The molecule has 104 valence electrons. The van der Waals surface area contributed by atoms with Crippen molar-refractivity contribution in [2.45, 2.75) is 13.8 Å². The molecule has 0 aliphatic rings. The van der Waals surface area contributed by atoms with Gasteiger partial charge in [0.05, 0.1) is 0 Å². The van der Waals surface area contributed by atoms with Crippen molar-refractivity contribution in [3.05, 3.63) is 48.4 Å². The third kappa shape index (κ3) is 3.12. The van der Waals surface area contributed by atoms with Crippen LogP contribution < -0.4 is 10.2 Å². The average molecular weight is 270 g/mol. The fourth-order valence-electron chi connectivity index (χ4n) is 1.94. The summed E-state index contributed by atoms with van der Waals surface area (Å²) in [5.41, 5.74) is 1.25. The standard InChI is InChI=1S/C15H18N4O/c1-3-17-14-7-5-6-13(18-14)15(20)19(4-2)12-8-10-16-11-9-12/h5-11H,3-4H2,1-2H3,(H,17,18). The van der Waals surface area contributed by atoms with Gasteiger partial charge < -0.3 is 10.2 Å². The molecule has 0 unspecified atom stereocenters. The van der Waals surface area contributed by atoms with Crippen LogP contribution in [-0.2, 0) is 0 Å². The third-order valence-electron chi connectivity index (χ3n) is 2.86. The molecule has 0 radical (unpaired) electrons. The van der Waals surface area contributed by atoms with E-state index in [0.29, 0.717) is 18.1 Å². The number of anilines is 2. The first kappa shape index (κ1) is 14.0. The molecule has 0 aromatic carbocycles. The fraction of sp³-hybridized carbons (Fsp3) is 0.267. The molecule has 2 aromatic heterocycles. The van der Waals surface area contributed by atoms with E-state index < -0.39 is 0 Å². The maximum absolute atomic E-state index is 12.5. The van der Waals surface area contributed by atoms with Gasteiger partial charge in [-0.1, -0.05) is 6.07 Å². The molecule has 2 heterocycles. The van der Waals surface area contributed by atoms with Crippen LogP contribution in [0.4, 0.5) is 11.5 Å². The van der Waals surface area contributed by atoms with E-state index >= 15 is 0 Å². The second-order valence-corrected chi connectivity index (χ2v) is 4.19. The van der Waals surface area contributed by atoms with Gasteiger partial charge in [-0.3, -0.25) is 9.78 Å². The Morgan fingerprint density at radius 1 is 1.20 bits per heavy atom. The highest BCUT2D eigenvalue weighted by Crippen LogP contribution is 2.15. The molecule has 0 aliphatic carbocycles. The van der Waals surface area contributed by atoms with Crippen LogP contribution in [0.5, 0.6) is 0 Å². The van der Waals surface area contributed by atoms with Gasteiger partial charge in [-0.2, -0.15) is 0 Å². The molecule has 0 spiro atoms. The van der Waals surface area contributed by atoms with E-state index in [2.05, 4.69) is 15.3 Å². The number of aromatic nitrogens is 2. The number of pyridine rings is 2. The molecule has 5 nitrogen and oxygen atoms in total. The van der Waals surface area contributed by atoms with Crippen molar-refractivity contribution < 1.29 is 4.79 Å². The van der Waals surface area contributed by atoms with Crippen LogP contribution >= 0.6 is 0 Å². The number of hydrogen-bond acceptors (Lipinski definition) is 4. The van der Waals surface area contributed by atoms with Gasteiger partial charge in [0.15, 0.2) is 0 Å². The molecular formula is C15H18N4O. The van der Waals surface area contributed by atoms with Gasteiger partial charge in [0, 0.05) is 31.2 Å². The Balaban J connectivity index is 2.27. The van der Waals surface area contributed by atoms with Crippen LogP contribution in [0.15, 0.2) is 42.7 Å². The topological polar surface area (TPSA) is 58.1 Å². The van der Waals surface area contributed by atoms with E-state index in [9.17, 15) is 4.79 Å². The van der Waals surface area contributed by atoms with E-state index in [1.807, 2.05) is 38.1 Å². The van der Waals surface area contributed by atoms with Crippen molar-refractivity contribution in [2.24, 2.45) is 0 Å². The summed E-state index contributed by atoms with van der Waals surface area (Å²) in [7, 11) is 0. The first-order chi connectivity index (χ1) is 9.76. The van der Waals surface area contributed by atoms with E-state index in [4.69, 9.17) is 0 Å². The SMILES string of the molecule is CCNc1cccc(C(=O)N(CC)c2ccncc2)n1. The van der Waals surface area contributed by atoms with Crippen molar-refractivity contribution in [2.75, 3.05) is 23.3 Å². The van der Waals surface area contributed by atoms with Crippen molar-refractivity contribution in [1.82, 2.24) is 9.97 Å². The summed E-state index contributed by atoms with van der Waals surface area (Å²) >= 11 is 0. The smallest absolute Gasteiger partial charge is 0.276 e. The Hall–Kier alpha value is -2.43. The maximum Gasteiger partial charge on any atom is 0.276 e. The maximum atomic E-state index is 12.5. The molecule has 0 saturated heterocycles. The average Bonchev–Trinajstić information content (AvgIpc) is 2.50. The van der Waals surface area contributed by atoms with Gasteiger partial charge in [0.1, 0.15) is 11.5 Å². The summed E-state index contributed by atoms with van der Waals surface area (Å²) in [6.07, 6.45) is 3.35. The normalized spacial score (nSPS) is 10.1. The lowest BCUT2D eigenvalue weighted by Crippen LogP contribution is -2.31. The lowest BCUT2D eigenvalue weighted by molar-refractivity contribution is 0.0983.